The van der Waals surface area contributed by atoms with Crippen LogP contribution < -0.4 is 4.90 Å². The standard InChI is InChI=1S/C35H37FN4O2S/c1-22-37-26-7-6-24(17-27(26)43-22)23-4-3-5-25(16-23)40(30(41)34-18-35(36,19-34)20-34)21-32-10-13-33(14-11-32,15-12-32)28-38-29(42-39-28)31(2)8-9-31/h3-7,16-17H,8-15,18-21H2,1-2H3. The maximum Gasteiger partial charge on any atom is 0.233 e. The number of halogens is 1. The third-order valence-corrected chi connectivity index (χ3v) is 12.9. The summed E-state index contributed by atoms with van der Waals surface area (Å²) >= 11 is 1.70. The Hall–Kier alpha value is -3.13. The van der Waals surface area contributed by atoms with Gasteiger partial charge >= 0.3 is 0 Å². The van der Waals surface area contributed by atoms with Crippen molar-refractivity contribution < 1.29 is 13.7 Å². The minimum absolute atomic E-state index is 0.00832. The number of carbonyl (C=O) groups is 1. The number of nitrogens with zero attached hydrogens (tertiary/aromatic N) is 4. The topological polar surface area (TPSA) is 72.1 Å². The molecule has 7 aliphatic carbocycles. The second-order valence-electron chi connectivity index (χ2n) is 15.1. The van der Waals surface area contributed by atoms with E-state index in [-0.39, 0.29) is 22.2 Å². The highest BCUT2D eigenvalue weighted by Crippen LogP contribution is 2.70. The summed E-state index contributed by atoms with van der Waals surface area (Å²) in [5.41, 5.74) is 2.65. The first kappa shape index (κ1) is 26.3. The van der Waals surface area contributed by atoms with Gasteiger partial charge in [-0.05, 0) is 118 Å². The van der Waals surface area contributed by atoms with Gasteiger partial charge in [0.05, 0.1) is 20.6 Å². The van der Waals surface area contributed by atoms with Crippen LogP contribution in [0.25, 0.3) is 21.3 Å². The first-order valence-electron chi connectivity index (χ1n) is 15.9. The minimum atomic E-state index is -1.11. The summed E-state index contributed by atoms with van der Waals surface area (Å²) in [6.45, 7) is 4.94. The Bertz CT molecular complexity index is 1760. The molecule has 4 bridgehead atoms. The van der Waals surface area contributed by atoms with E-state index in [0.29, 0.717) is 25.8 Å². The summed E-state index contributed by atoms with van der Waals surface area (Å²) in [7, 11) is 0. The number of aromatic nitrogens is 3. The molecule has 2 aromatic carbocycles. The van der Waals surface area contributed by atoms with Crippen LogP contribution in [0, 0.1) is 17.8 Å². The molecule has 2 heterocycles. The highest BCUT2D eigenvalue weighted by molar-refractivity contribution is 7.18. The van der Waals surface area contributed by atoms with Crippen LogP contribution in [-0.4, -0.2) is 33.2 Å². The summed E-state index contributed by atoms with van der Waals surface area (Å²) in [6, 6.07) is 14.8. The van der Waals surface area contributed by atoms with Gasteiger partial charge in [0.25, 0.3) is 0 Å². The van der Waals surface area contributed by atoms with Gasteiger partial charge in [0.15, 0.2) is 5.82 Å². The van der Waals surface area contributed by atoms with Crippen molar-refractivity contribution in [3.63, 3.8) is 0 Å². The number of rotatable bonds is 7. The molecule has 0 N–H and O–H groups in total. The molecule has 0 saturated heterocycles. The van der Waals surface area contributed by atoms with Crippen LogP contribution in [0.15, 0.2) is 47.0 Å². The van der Waals surface area contributed by atoms with Crippen LogP contribution in [0.3, 0.4) is 0 Å². The number of amides is 1. The molecule has 0 atom stereocenters. The minimum Gasteiger partial charge on any atom is -0.339 e. The van der Waals surface area contributed by atoms with E-state index in [1.54, 1.807) is 11.3 Å². The molecular weight excluding hydrogens is 559 g/mol. The number of benzene rings is 2. The molecule has 0 radical (unpaired) electrons. The predicted molar refractivity (Wildman–Crippen MR) is 165 cm³/mol. The fourth-order valence-corrected chi connectivity index (χ4v) is 9.65. The van der Waals surface area contributed by atoms with Gasteiger partial charge in [0.1, 0.15) is 5.67 Å². The Kier molecular flexibility index (Phi) is 5.21. The van der Waals surface area contributed by atoms with Gasteiger partial charge in [0.2, 0.25) is 11.8 Å². The zero-order chi connectivity index (χ0) is 29.2. The van der Waals surface area contributed by atoms with Crippen molar-refractivity contribution in [2.24, 2.45) is 10.8 Å². The quantitative estimate of drug-likeness (QED) is 0.215. The first-order chi connectivity index (χ1) is 20.6. The van der Waals surface area contributed by atoms with Crippen molar-refractivity contribution in [1.82, 2.24) is 15.1 Å². The lowest BCUT2D eigenvalue weighted by Crippen LogP contribution is -2.71. The zero-order valence-corrected chi connectivity index (χ0v) is 25.7. The van der Waals surface area contributed by atoms with Crippen molar-refractivity contribution in [3.8, 4) is 11.1 Å². The summed E-state index contributed by atoms with van der Waals surface area (Å²) in [5.74, 6) is 1.83. The van der Waals surface area contributed by atoms with Gasteiger partial charge in [-0.15, -0.1) is 11.3 Å². The molecule has 6 nitrogen and oxygen atoms in total. The second-order valence-corrected chi connectivity index (χ2v) is 16.3. The normalized spacial score (nSPS) is 33.2. The van der Waals surface area contributed by atoms with E-state index in [4.69, 9.17) is 9.51 Å². The lowest BCUT2D eigenvalue weighted by molar-refractivity contribution is -0.211. The molecule has 4 aromatic rings. The van der Waals surface area contributed by atoms with Gasteiger partial charge in [-0.2, -0.15) is 4.98 Å². The molecule has 2 aromatic heterocycles. The van der Waals surface area contributed by atoms with E-state index in [2.05, 4.69) is 64.4 Å². The third-order valence-electron chi connectivity index (χ3n) is 12.0. The highest BCUT2D eigenvalue weighted by Gasteiger charge is 2.73. The Labute approximate surface area is 255 Å². The number of thiazole rings is 1. The number of hydrogen-bond acceptors (Lipinski definition) is 6. The van der Waals surface area contributed by atoms with Crippen molar-refractivity contribution in [1.29, 1.82) is 0 Å². The number of alkyl halides is 1. The van der Waals surface area contributed by atoms with Crippen molar-refractivity contribution in [2.75, 3.05) is 11.4 Å². The van der Waals surface area contributed by atoms with E-state index in [1.807, 2.05) is 6.92 Å². The average molecular weight is 597 g/mol. The number of hydrogen-bond donors (Lipinski definition) is 0. The molecule has 7 aliphatic rings. The Balaban J connectivity index is 1.01. The van der Waals surface area contributed by atoms with Gasteiger partial charge in [-0.3, -0.25) is 4.79 Å². The number of anilines is 1. The van der Waals surface area contributed by atoms with Crippen LogP contribution in [-0.2, 0) is 15.6 Å². The van der Waals surface area contributed by atoms with E-state index >= 15 is 0 Å². The SMILES string of the molecule is Cc1nc2ccc(-c3cccc(N(CC45CCC(c6noc(C7(C)CC7)n6)(CC4)CC5)C(=O)C45CC(F)(C4)C5)c3)cc2s1. The van der Waals surface area contributed by atoms with Crippen molar-refractivity contribution >= 4 is 33.1 Å². The average Bonchev–Trinajstić information content (AvgIpc) is 3.37. The molecule has 222 valence electrons. The van der Waals surface area contributed by atoms with Crippen LogP contribution >= 0.6 is 11.3 Å². The second kappa shape index (κ2) is 8.52. The first-order valence-corrected chi connectivity index (χ1v) is 16.7. The third kappa shape index (κ3) is 3.94. The molecule has 1 amide bonds. The largest absolute Gasteiger partial charge is 0.339 e. The Morgan fingerprint density at radius 2 is 1.67 bits per heavy atom. The van der Waals surface area contributed by atoms with Gasteiger partial charge in [-0.1, -0.05) is 30.3 Å². The summed E-state index contributed by atoms with van der Waals surface area (Å²) in [6.07, 6.45) is 9.59. The fourth-order valence-electron chi connectivity index (χ4n) is 8.79. The highest BCUT2D eigenvalue weighted by atomic mass is 32.1. The molecular formula is C35H37FN4O2S. The van der Waals surface area contributed by atoms with Crippen molar-refractivity contribution in [3.05, 3.63) is 59.2 Å². The van der Waals surface area contributed by atoms with Crippen LogP contribution in [0.5, 0.6) is 0 Å². The van der Waals surface area contributed by atoms with Gasteiger partial charge in [-0.25, -0.2) is 9.37 Å². The number of fused-ring (bicyclic) bond motifs is 4. The monoisotopic (exact) mass is 596 g/mol. The van der Waals surface area contributed by atoms with E-state index in [0.717, 1.165) is 90.4 Å². The Morgan fingerprint density at radius 3 is 2.37 bits per heavy atom. The van der Waals surface area contributed by atoms with Crippen LogP contribution in [0.2, 0.25) is 0 Å². The molecule has 7 fully saturated rings. The molecule has 7 saturated carbocycles. The summed E-state index contributed by atoms with van der Waals surface area (Å²) in [4.78, 5) is 25.9. The maximum atomic E-state index is 14.7. The molecule has 43 heavy (non-hydrogen) atoms. The fraction of sp³-hybridized carbons (Fsp3) is 0.543. The van der Waals surface area contributed by atoms with Crippen molar-refractivity contribution in [2.45, 2.75) is 101 Å². The van der Waals surface area contributed by atoms with Gasteiger partial charge in [0, 0.05) is 23.1 Å². The predicted octanol–water partition coefficient (Wildman–Crippen LogP) is 8.22. The lowest BCUT2D eigenvalue weighted by Gasteiger charge is -2.65. The molecule has 11 rings (SSSR count). The zero-order valence-electron chi connectivity index (χ0n) is 24.9. The number of carbonyl (C=O) groups excluding carboxylic acids is 1. The summed E-state index contributed by atoms with van der Waals surface area (Å²) < 4.78 is 21.6. The van der Waals surface area contributed by atoms with E-state index < -0.39 is 11.1 Å². The molecule has 8 heteroatoms. The van der Waals surface area contributed by atoms with Gasteiger partial charge < -0.3 is 9.42 Å². The molecule has 0 spiro atoms. The van der Waals surface area contributed by atoms with E-state index in [9.17, 15) is 9.18 Å². The van der Waals surface area contributed by atoms with Crippen LogP contribution in [0.4, 0.5) is 10.1 Å². The summed E-state index contributed by atoms with van der Waals surface area (Å²) in [5, 5.41) is 5.56. The lowest BCUT2D eigenvalue weighted by atomic mass is 9.41. The number of aryl methyl sites for hydroxylation is 1. The van der Waals surface area contributed by atoms with Crippen LogP contribution in [0.1, 0.15) is 94.3 Å². The maximum absolute atomic E-state index is 14.7. The smallest absolute Gasteiger partial charge is 0.233 e. The molecule has 0 unspecified atom stereocenters. The molecule has 0 aliphatic heterocycles. The van der Waals surface area contributed by atoms with E-state index in [1.165, 1.54) is 4.70 Å². The Morgan fingerprint density at radius 1 is 0.953 bits per heavy atom.